The van der Waals surface area contributed by atoms with Crippen LogP contribution in [0.25, 0.3) is 0 Å². The zero-order valence-corrected chi connectivity index (χ0v) is 13.7. The molecule has 0 aromatic carbocycles. The number of thioether (sulfide) groups is 1. The second-order valence-electron chi connectivity index (χ2n) is 6.20. The highest BCUT2D eigenvalue weighted by molar-refractivity contribution is 8.01. The number of carbonyl (C=O) groups is 1. The molecule has 1 atom stereocenters. The van der Waals surface area contributed by atoms with Crippen molar-refractivity contribution in [1.29, 1.82) is 0 Å². The minimum absolute atomic E-state index is 0.00665. The first-order chi connectivity index (χ1) is 11.2. The van der Waals surface area contributed by atoms with Crippen LogP contribution in [-0.2, 0) is 0 Å². The second-order valence-corrected chi connectivity index (χ2v) is 7.69. The molecule has 1 amide bonds. The van der Waals surface area contributed by atoms with Gasteiger partial charge >= 0.3 is 0 Å². The maximum absolute atomic E-state index is 12.4. The number of hydrogen-bond acceptors (Lipinski definition) is 5. The molecule has 2 aliphatic heterocycles. The quantitative estimate of drug-likeness (QED) is 0.866. The number of aromatic nitrogens is 1. The molecule has 2 fully saturated rings. The van der Waals surface area contributed by atoms with E-state index in [1.54, 1.807) is 12.5 Å². The zero-order valence-electron chi connectivity index (χ0n) is 12.9. The number of nitrogens with zero attached hydrogens (tertiary/aromatic N) is 2. The van der Waals surface area contributed by atoms with Crippen molar-refractivity contribution in [2.75, 3.05) is 18.8 Å². The molecule has 2 aromatic heterocycles. The van der Waals surface area contributed by atoms with Crippen molar-refractivity contribution in [3.05, 3.63) is 48.0 Å². The van der Waals surface area contributed by atoms with Gasteiger partial charge in [0.15, 0.2) is 5.76 Å². The lowest BCUT2D eigenvalue weighted by atomic mass is 9.92. The number of rotatable bonds is 3. The van der Waals surface area contributed by atoms with Crippen LogP contribution in [0.5, 0.6) is 5.88 Å². The van der Waals surface area contributed by atoms with Gasteiger partial charge in [0.2, 0.25) is 5.88 Å². The van der Waals surface area contributed by atoms with Crippen LogP contribution in [0.15, 0.2) is 41.1 Å². The molecule has 2 aromatic rings. The van der Waals surface area contributed by atoms with Crippen molar-refractivity contribution in [3.63, 3.8) is 0 Å². The third-order valence-corrected chi connectivity index (χ3v) is 5.98. The van der Waals surface area contributed by atoms with Gasteiger partial charge in [-0.1, -0.05) is 6.07 Å². The van der Waals surface area contributed by atoms with Crippen molar-refractivity contribution in [1.82, 2.24) is 9.88 Å². The molecule has 4 heterocycles. The standard InChI is InChI=1S/C17H18N2O3S/c1-12-5-7-21-15(12)16(20)19-10-17(11-19)8-13(9-23-17)22-14-4-2-3-6-18-14/h2-7,13H,8-11H2,1H3. The van der Waals surface area contributed by atoms with Gasteiger partial charge in [-0.2, -0.15) is 0 Å². The summed E-state index contributed by atoms with van der Waals surface area (Å²) in [5.41, 5.74) is 0.895. The van der Waals surface area contributed by atoms with Gasteiger partial charge < -0.3 is 14.1 Å². The monoisotopic (exact) mass is 330 g/mol. The SMILES string of the molecule is Cc1ccoc1C(=O)N1CC2(CC(Oc3ccccn3)CS2)C1. The third kappa shape index (κ3) is 2.72. The van der Waals surface area contributed by atoms with E-state index < -0.39 is 0 Å². The Morgan fingerprint density at radius 3 is 3.00 bits per heavy atom. The highest BCUT2D eigenvalue weighted by Gasteiger charge is 2.51. The third-order valence-electron chi connectivity index (χ3n) is 4.40. The molecule has 4 rings (SSSR count). The molecule has 5 nitrogen and oxygen atoms in total. The van der Waals surface area contributed by atoms with Gasteiger partial charge in [-0.15, -0.1) is 11.8 Å². The van der Waals surface area contributed by atoms with Gasteiger partial charge in [0.25, 0.3) is 5.91 Å². The van der Waals surface area contributed by atoms with E-state index in [0.29, 0.717) is 11.6 Å². The summed E-state index contributed by atoms with van der Waals surface area (Å²) in [6.07, 6.45) is 4.43. The van der Waals surface area contributed by atoms with Gasteiger partial charge in [0.05, 0.1) is 11.0 Å². The lowest BCUT2D eigenvalue weighted by Gasteiger charge is -2.47. The summed E-state index contributed by atoms with van der Waals surface area (Å²) in [6, 6.07) is 7.51. The molecule has 6 heteroatoms. The molecule has 2 aliphatic rings. The highest BCUT2D eigenvalue weighted by atomic mass is 32.2. The van der Waals surface area contributed by atoms with Crippen molar-refractivity contribution < 1.29 is 13.9 Å². The number of ether oxygens (including phenoxy) is 1. The molecule has 2 saturated heterocycles. The summed E-state index contributed by atoms with van der Waals surface area (Å²) in [7, 11) is 0. The van der Waals surface area contributed by atoms with Gasteiger partial charge in [0.1, 0.15) is 6.10 Å². The van der Waals surface area contributed by atoms with Crippen molar-refractivity contribution in [2.24, 2.45) is 0 Å². The molecule has 1 unspecified atom stereocenters. The molecule has 120 valence electrons. The molecule has 0 radical (unpaired) electrons. The second kappa shape index (κ2) is 5.60. The Hall–Kier alpha value is -1.95. The Morgan fingerprint density at radius 1 is 1.43 bits per heavy atom. The van der Waals surface area contributed by atoms with Crippen molar-refractivity contribution in [3.8, 4) is 5.88 Å². The van der Waals surface area contributed by atoms with E-state index in [0.717, 1.165) is 30.8 Å². The Bertz CT molecular complexity index is 710. The van der Waals surface area contributed by atoms with E-state index in [4.69, 9.17) is 9.15 Å². The molecular weight excluding hydrogens is 312 g/mol. The first-order valence-corrected chi connectivity index (χ1v) is 8.69. The van der Waals surface area contributed by atoms with E-state index in [1.807, 2.05) is 47.9 Å². The number of likely N-dealkylation sites (tertiary alicyclic amines) is 1. The Morgan fingerprint density at radius 2 is 2.30 bits per heavy atom. The van der Waals surface area contributed by atoms with E-state index >= 15 is 0 Å². The summed E-state index contributed by atoms with van der Waals surface area (Å²) in [4.78, 5) is 18.5. The molecule has 0 bridgehead atoms. The first kappa shape index (κ1) is 14.6. The summed E-state index contributed by atoms with van der Waals surface area (Å²) in [6.45, 7) is 3.42. The maximum Gasteiger partial charge on any atom is 0.289 e. The molecule has 1 spiro atoms. The van der Waals surface area contributed by atoms with Crippen LogP contribution < -0.4 is 4.74 Å². The van der Waals surface area contributed by atoms with Gasteiger partial charge in [-0.05, 0) is 19.1 Å². The minimum atomic E-state index is -0.00665. The van der Waals surface area contributed by atoms with Crippen LogP contribution >= 0.6 is 11.8 Å². The molecular formula is C17H18N2O3S. The largest absolute Gasteiger partial charge is 0.473 e. The Balaban J connectivity index is 1.35. The smallest absolute Gasteiger partial charge is 0.289 e. The zero-order chi connectivity index (χ0) is 15.9. The first-order valence-electron chi connectivity index (χ1n) is 7.70. The lowest BCUT2D eigenvalue weighted by Crippen LogP contribution is -2.60. The lowest BCUT2D eigenvalue weighted by molar-refractivity contribution is 0.0484. The van der Waals surface area contributed by atoms with Crippen LogP contribution in [0.4, 0.5) is 0 Å². The summed E-state index contributed by atoms with van der Waals surface area (Å²) >= 11 is 1.90. The molecule has 0 N–H and O–H groups in total. The maximum atomic E-state index is 12.4. The summed E-state index contributed by atoms with van der Waals surface area (Å²) in [5, 5.41) is 0. The number of pyridine rings is 1. The number of carbonyl (C=O) groups excluding carboxylic acids is 1. The minimum Gasteiger partial charge on any atom is -0.473 e. The van der Waals surface area contributed by atoms with Crippen LogP contribution in [-0.4, -0.2) is 45.5 Å². The number of amides is 1. The topological polar surface area (TPSA) is 55.6 Å². The van der Waals surface area contributed by atoms with E-state index in [1.165, 1.54) is 0 Å². The Labute approximate surface area is 139 Å². The van der Waals surface area contributed by atoms with Crippen molar-refractivity contribution in [2.45, 2.75) is 24.2 Å². The van der Waals surface area contributed by atoms with Crippen LogP contribution in [0.1, 0.15) is 22.5 Å². The van der Waals surface area contributed by atoms with E-state index in [9.17, 15) is 4.79 Å². The molecule has 0 aliphatic carbocycles. The average Bonchev–Trinajstić information content (AvgIpc) is 3.13. The van der Waals surface area contributed by atoms with Crippen molar-refractivity contribution >= 4 is 17.7 Å². The van der Waals surface area contributed by atoms with E-state index in [-0.39, 0.29) is 16.8 Å². The molecule has 0 saturated carbocycles. The number of hydrogen-bond donors (Lipinski definition) is 0. The van der Waals surface area contributed by atoms with Crippen LogP contribution in [0.3, 0.4) is 0 Å². The average molecular weight is 330 g/mol. The highest BCUT2D eigenvalue weighted by Crippen LogP contribution is 2.46. The number of aryl methyl sites for hydroxylation is 1. The summed E-state index contributed by atoms with van der Waals surface area (Å²) in [5.74, 6) is 2.07. The Kier molecular flexibility index (Phi) is 3.56. The fraction of sp³-hybridized carbons (Fsp3) is 0.412. The fourth-order valence-electron chi connectivity index (χ4n) is 3.21. The molecule has 23 heavy (non-hydrogen) atoms. The van der Waals surface area contributed by atoms with Crippen LogP contribution in [0.2, 0.25) is 0 Å². The predicted octanol–water partition coefficient (Wildman–Crippen LogP) is 2.76. The van der Waals surface area contributed by atoms with Crippen LogP contribution in [0, 0.1) is 6.92 Å². The van der Waals surface area contributed by atoms with Gasteiger partial charge in [0, 0.05) is 43.1 Å². The predicted molar refractivity (Wildman–Crippen MR) is 87.8 cm³/mol. The number of furan rings is 1. The van der Waals surface area contributed by atoms with Gasteiger partial charge in [-0.3, -0.25) is 4.79 Å². The summed E-state index contributed by atoms with van der Waals surface area (Å²) < 4.78 is 11.4. The fourth-order valence-corrected chi connectivity index (χ4v) is 4.74. The van der Waals surface area contributed by atoms with Gasteiger partial charge in [-0.25, -0.2) is 4.98 Å². The normalized spacial score (nSPS) is 22.1. The van der Waals surface area contributed by atoms with E-state index in [2.05, 4.69) is 4.98 Å².